The van der Waals surface area contributed by atoms with Gasteiger partial charge in [-0.2, -0.15) is 0 Å². The zero-order valence-corrected chi connectivity index (χ0v) is 17.2. The molecule has 3 heterocycles. The highest BCUT2D eigenvalue weighted by Crippen LogP contribution is 2.30. The minimum atomic E-state index is -0.452. The Kier molecular flexibility index (Phi) is 7.02. The summed E-state index contributed by atoms with van der Waals surface area (Å²) in [6.45, 7) is 3.48. The number of aromatic nitrogens is 1. The third-order valence-electron chi connectivity index (χ3n) is 4.89. The Bertz CT molecular complexity index is 760. The Hall–Kier alpha value is -2.42. The zero-order valence-electron chi connectivity index (χ0n) is 16.4. The lowest BCUT2D eigenvalue weighted by Crippen LogP contribution is -2.39. The maximum atomic E-state index is 12.4. The maximum Gasteiger partial charge on any atom is 0.407 e. The first kappa shape index (κ1) is 20.3. The lowest BCUT2D eigenvalue weighted by Gasteiger charge is -2.28. The number of aliphatic imine (C=N–C) groups is 1. The van der Waals surface area contributed by atoms with Crippen molar-refractivity contribution in [2.45, 2.75) is 45.1 Å². The molecule has 28 heavy (non-hydrogen) atoms. The lowest BCUT2D eigenvalue weighted by atomic mass is 10.1. The molecule has 1 saturated heterocycles. The number of nitrogens with one attached hydrogen (secondary N) is 2. The number of thiazole rings is 1. The van der Waals surface area contributed by atoms with E-state index in [2.05, 4.69) is 20.5 Å². The maximum absolute atomic E-state index is 12.4. The van der Waals surface area contributed by atoms with E-state index in [0.29, 0.717) is 31.6 Å². The molecule has 2 aliphatic heterocycles. The molecule has 0 aromatic carbocycles. The molecule has 0 radical (unpaired) electrons. The molecule has 0 bridgehead atoms. The molecular formula is C19H27N5O3S. The number of nitrogens with zero attached hydrogens (tertiary/aromatic N) is 3. The molecule has 1 fully saturated rings. The smallest absolute Gasteiger partial charge is 0.407 e. The Labute approximate surface area is 169 Å². The molecule has 152 valence electrons. The van der Waals surface area contributed by atoms with Crippen LogP contribution in [0.4, 0.5) is 4.79 Å². The second kappa shape index (κ2) is 9.68. The molecule has 0 spiro atoms. The van der Waals surface area contributed by atoms with Gasteiger partial charge in [0.2, 0.25) is 0 Å². The minimum Gasteiger partial charge on any atom is -0.453 e. The molecule has 0 saturated carbocycles. The number of carbonyl (C=O) groups is 2. The number of amides is 2. The van der Waals surface area contributed by atoms with Gasteiger partial charge in [0, 0.05) is 43.2 Å². The molecule has 2 amide bonds. The first-order valence-corrected chi connectivity index (χ1v) is 10.5. The van der Waals surface area contributed by atoms with Crippen molar-refractivity contribution in [3.63, 3.8) is 0 Å². The van der Waals surface area contributed by atoms with Crippen LogP contribution in [0, 0.1) is 0 Å². The first-order chi connectivity index (χ1) is 13.6. The van der Waals surface area contributed by atoms with Crippen molar-refractivity contribution in [1.29, 1.82) is 0 Å². The highest BCUT2D eigenvalue weighted by molar-refractivity contribution is 7.09. The summed E-state index contributed by atoms with van der Waals surface area (Å²) in [5.41, 5.74) is 1.67. The van der Waals surface area contributed by atoms with Crippen molar-refractivity contribution in [2.24, 2.45) is 4.99 Å². The van der Waals surface area contributed by atoms with Crippen LogP contribution in [-0.4, -0.2) is 60.5 Å². The van der Waals surface area contributed by atoms with E-state index < -0.39 is 6.09 Å². The monoisotopic (exact) mass is 405 g/mol. The molecule has 1 unspecified atom stereocenters. The van der Waals surface area contributed by atoms with Gasteiger partial charge in [0.15, 0.2) is 0 Å². The Morgan fingerprint density at radius 3 is 2.89 bits per heavy atom. The number of ether oxygens (including phenoxy) is 1. The van der Waals surface area contributed by atoms with Gasteiger partial charge in [-0.05, 0) is 26.2 Å². The number of amidine groups is 1. The Balaban J connectivity index is 1.64. The quantitative estimate of drug-likeness (QED) is 0.646. The number of likely N-dealkylation sites (N-methyl/N-ethyl adjacent to an activating group) is 1. The summed E-state index contributed by atoms with van der Waals surface area (Å²) in [7, 11) is 1.35. The standard InChI is InChI=1S/C19H27N5O3S/c1-3-20-18(25)14-11-22-16(6-4-5-7-17-21-8-9-28-17)24-12-13(10-15(14)24)23-19(26)27-2/h8-9,13H,3-7,10-12H2,1-2H3,(H,20,25)(H,23,26). The molecule has 1 atom stereocenters. The van der Waals surface area contributed by atoms with Gasteiger partial charge >= 0.3 is 6.09 Å². The Morgan fingerprint density at radius 2 is 2.18 bits per heavy atom. The van der Waals surface area contributed by atoms with Crippen LogP contribution < -0.4 is 10.6 Å². The van der Waals surface area contributed by atoms with Crippen molar-refractivity contribution in [3.05, 3.63) is 27.9 Å². The van der Waals surface area contributed by atoms with Gasteiger partial charge in [0.05, 0.1) is 30.3 Å². The van der Waals surface area contributed by atoms with Gasteiger partial charge in [-0.1, -0.05) is 0 Å². The number of rotatable bonds is 8. The Morgan fingerprint density at radius 1 is 1.36 bits per heavy atom. The van der Waals surface area contributed by atoms with Crippen LogP contribution in [0.15, 0.2) is 27.8 Å². The fraction of sp³-hybridized carbons (Fsp3) is 0.579. The van der Waals surface area contributed by atoms with Crippen LogP contribution in [0.3, 0.4) is 0 Å². The van der Waals surface area contributed by atoms with Gasteiger partial charge in [-0.3, -0.25) is 9.79 Å². The second-order valence-electron chi connectivity index (χ2n) is 6.80. The highest BCUT2D eigenvalue weighted by Gasteiger charge is 2.36. The van der Waals surface area contributed by atoms with Gasteiger partial charge < -0.3 is 20.3 Å². The summed E-state index contributed by atoms with van der Waals surface area (Å²) >= 11 is 1.68. The summed E-state index contributed by atoms with van der Waals surface area (Å²) in [6.07, 6.45) is 5.88. The van der Waals surface area contributed by atoms with Crippen LogP contribution in [0.1, 0.15) is 37.6 Å². The molecule has 2 aliphatic rings. The third-order valence-corrected chi connectivity index (χ3v) is 5.73. The van der Waals surface area contributed by atoms with Gasteiger partial charge in [0.25, 0.3) is 5.91 Å². The van der Waals surface area contributed by atoms with E-state index in [4.69, 9.17) is 9.73 Å². The number of fused-ring (bicyclic) bond motifs is 1. The predicted molar refractivity (Wildman–Crippen MR) is 108 cm³/mol. The van der Waals surface area contributed by atoms with Crippen LogP contribution in [-0.2, 0) is 16.0 Å². The average Bonchev–Trinajstić information content (AvgIpc) is 3.34. The van der Waals surface area contributed by atoms with Crippen molar-refractivity contribution in [3.8, 4) is 0 Å². The molecular weight excluding hydrogens is 378 g/mol. The van der Waals surface area contributed by atoms with Gasteiger partial charge in [0.1, 0.15) is 5.84 Å². The van der Waals surface area contributed by atoms with Crippen molar-refractivity contribution in [1.82, 2.24) is 20.5 Å². The predicted octanol–water partition coefficient (Wildman–Crippen LogP) is 2.09. The minimum absolute atomic E-state index is 0.0761. The average molecular weight is 406 g/mol. The topological polar surface area (TPSA) is 95.9 Å². The molecule has 9 heteroatoms. The number of hydrogen-bond acceptors (Lipinski definition) is 7. The van der Waals surface area contributed by atoms with Crippen molar-refractivity contribution >= 4 is 29.2 Å². The van der Waals surface area contributed by atoms with Gasteiger partial charge in [-0.25, -0.2) is 9.78 Å². The van der Waals surface area contributed by atoms with E-state index in [1.54, 1.807) is 11.3 Å². The van der Waals surface area contributed by atoms with E-state index in [0.717, 1.165) is 42.2 Å². The summed E-state index contributed by atoms with van der Waals surface area (Å²) in [5, 5.41) is 8.88. The number of carbonyl (C=O) groups excluding carboxylic acids is 2. The third kappa shape index (κ3) is 4.89. The van der Waals surface area contributed by atoms with Crippen LogP contribution in [0.25, 0.3) is 0 Å². The summed E-state index contributed by atoms with van der Waals surface area (Å²) < 4.78 is 4.72. The largest absolute Gasteiger partial charge is 0.453 e. The number of unbranched alkanes of at least 4 members (excludes halogenated alkanes) is 1. The highest BCUT2D eigenvalue weighted by atomic mass is 32.1. The van der Waals surface area contributed by atoms with E-state index in [1.807, 2.05) is 18.5 Å². The lowest BCUT2D eigenvalue weighted by molar-refractivity contribution is -0.117. The molecule has 1 aromatic rings. The summed E-state index contributed by atoms with van der Waals surface area (Å²) in [6, 6.07) is -0.0921. The molecule has 2 N–H and O–H groups in total. The fourth-order valence-corrected chi connectivity index (χ4v) is 4.24. The molecule has 1 aromatic heterocycles. The number of aryl methyl sites for hydroxylation is 1. The van der Waals surface area contributed by atoms with Crippen molar-refractivity contribution < 1.29 is 14.3 Å². The second-order valence-corrected chi connectivity index (χ2v) is 7.78. The van der Waals surface area contributed by atoms with E-state index >= 15 is 0 Å². The summed E-state index contributed by atoms with van der Waals surface area (Å²) in [4.78, 5) is 35.2. The van der Waals surface area contributed by atoms with Crippen LogP contribution in [0.5, 0.6) is 0 Å². The van der Waals surface area contributed by atoms with E-state index in [-0.39, 0.29) is 11.9 Å². The molecule has 8 nitrogen and oxygen atoms in total. The van der Waals surface area contributed by atoms with Crippen LogP contribution in [0.2, 0.25) is 0 Å². The summed E-state index contributed by atoms with van der Waals surface area (Å²) in [5.74, 6) is 0.921. The van der Waals surface area contributed by atoms with E-state index in [9.17, 15) is 9.59 Å². The number of methoxy groups -OCH3 is 1. The normalized spacial score (nSPS) is 18.6. The van der Waals surface area contributed by atoms with Crippen molar-refractivity contribution in [2.75, 3.05) is 26.7 Å². The SMILES string of the molecule is CCNC(=O)C1=C2CC(NC(=O)OC)CN2C(CCCCc2nccs2)=NC1. The first-order valence-electron chi connectivity index (χ1n) is 9.66. The zero-order chi connectivity index (χ0) is 19.9. The van der Waals surface area contributed by atoms with Gasteiger partial charge in [-0.15, -0.1) is 11.3 Å². The number of alkyl carbamates (subject to hydrolysis) is 1. The molecule has 3 rings (SSSR count). The number of hydrogen-bond donors (Lipinski definition) is 2. The molecule has 0 aliphatic carbocycles. The fourth-order valence-electron chi connectivity index (χ4n) is 3.58. The van der Waals surface area contributed by atoms with E-state index in [1.165, 1.54) is 7.11 Å². The van der Waals surface area contributed by atoms with Crippen LogP contribution >= 0.6 is 11.3 Å².